The fourth-order valence-corrected chi connectivity index (χ4v) is 5.61. The minimum Gasteiger partial charge on any atom is -0.508 e. The molecule has 182 valence electrons. The SMILES string of the molecule is C=C(O)c1ccc(-c2cn(CC3(C)CCCCC3)c3cc(-c4c(C)noc4C)cnc23)cc1OC. The summed E-state index contributed by atoms with van der Waals surface area (Å²) in [5.74, 6) is 1.37. The summed E-state index contributed by atoms with van der Waals surface area (Å²) in [4.78, 5) is 4.95. The van der Waals surface area contributed by atoms with Gasteiger partial charge < -0.3 is 18.9 Å². The topological polar surface area (TPSA) is 73.3 Å². The number of hydrogen-bond donors (Lipinski definition) is 1. The van der Waals surface area contributed by atoms with E-state index in [1.54, 1.807) is 7.11 Å². The maximum absolute atomic E-state index is 9.95. The second kappa shape index (κ2) is 8.91. The standard InChI is InChI=1S/C29H33N3O3/c1-18-27(20(3)35-31-18)22-13-25-28(30-15-22)24(16-32(25)17-29(4)11-7-6-8-12-29)21-9-10-23(19(2)33)26(14-21)34-5/h9-10,13-16,33H,2,6-8,11-12,17H2,1,3-5H3. The fraction of sp³-hybridized carbons (Fsp3) is 0.379. The molecule has 0 spiro atoms. The highest BCUT2D eigenvalue weighted by Crippen LogP contribution is 2.41. The number of aliphatic hydroxyl groups is 1. The van der Waals surface area contributed by atoms with Crippen LogP contribution in [0.25, 0.3) is 39.0 Å². The summed E-state index contributed by atoms with van der Waals surface area (Å²) in [6.07, 6.45) is 10.5. The quantitative estimate of drug-likeness (QED) is 0.295. The summed E-state index contributed by atoms with van der Waals surface area (Å²) in [6, 6.07) is 8.00. The largest absolute Gasteiger partial charge is 0.508 e. The Morgan fingerprint density at radius 1 is 1.17 bits per heavy atom. The zero-order valence-corrected chi connectivity index (χ0v) is 21.0. The lowest BCUT2D eigenvalue weighted by Crippen LogP contribution is -2.25. The van der Waals surface area contributed by atoms with Crippen molar-refractivity contribution >= 4 is 16.8 Å². The summed E-state index contributed by atoms with van der Waals surface area (Å²) in [5, 5.41) is 14.1. The van der Waals surface area contributed by atoms with Gasteiger partial charge in [0.2, 0.25) is 0 Å². The Balaban J connectivity index is 1.68. The molecule has 0 atom stereocenters. The Hall–Kier alpha value is -3.54. The van der Waals surface area contributed by atoms with Crippen molar-refractivity contribution in [1.82, 2.24) is 14.7 Å². The molecule has 0 unspecified atom stereocenters. The maximum Gasteiger partial charge on any atom is 0.141 e. The van der Waals surface area contributed by atoms with Gasteiger partial charge in [-0.1, -0.05) is 44.0 Å². The highest BCUT2D eigenvalue weighted by Gasteiger charge is 2.28. The maximum atomic E-state index is 9.95. The van der Waals surface area contributed by atoms with E-state index in [4.69, 9.17) is 14.2 Å². The number of rotatable bonds is 6. The molecule has 3 heterocycles. The second-order valence-corrected chi connectivity index (χ2v) is 10.2. The van der Waals surface area contributed by atoms with E-state index in [2.05, 4.69) is 35.5 Å². The van der Waals surface area contributed by atoms with Crippen molar-refractivity contribution in [2.24, 2.45) is 5.41 Å². The number of nitrogens with zero attached hydrogens (tertiary/aromatic N) is 3. The molecule has 1 aliphatic carbocycles. The van der Waals surface area contributed by atoms with E-state index < -0.39 is 0 Å². The number of methoxy groups -OCH3 is 1. The predicted octanol–water partition coefficient (Wildman–Crippen LogP) is 7.48. The molecule has 0 radical (unpaired) electrons. The number of aryl methyl sites for hydroxylation is 2. The molecule has 0 bridgehead atoms. The lowest BCUT2D eigenvalue weighted by molar-refractivity contribution is 0.185. The number of fused-ring (bicyclic) bond motifs is 1. The molecular formula is C29H33N3O3. The predicted molar refractivity (Wildman–Crippen MR) is 140 cm³/mol. The van der Waals surface area contributed by atoms with E-state index in [-0.39, 0.29) is 11.2 Å². The number of benzene rings is 1. The molecule has 6 heteroatoms. The van der Waals surface area contributed by atoms with Crippen LogP contribution < -0.4 is 4.74 Å². The van der Waals surface area contributed by atoms with Gasteiger partial charge in [-0.25, -0.2) is 0 Å². The molecule has 4 aromatic rings. The third-order valence-corrected chi connectivity index (χ3v) is 7.48. The lowest BCUT2D eigenvalue weighted by Gasteiger charge is -2.34. The van der Waals surface area contributed by atoms with Crippen molar-refractivity contribution in [3.63, 3.8) is 0 Å². The van der Waals surface area contributed by atoms with Gasteiger partial charge in [-0.2, -0.15) is 0 Å². The Morgan fingerprint density at radius 2 is 1.94 bits per heavy atom. The number of aromatic nitrogens is 3. The second-order valence-electron chi connectivity index (χ2n) is 10.2. The summed E-state index contributed by atoms with van der Waals surface area (Å²) < 4.78 is 13.4. The number of aliphatic hydroxyl groups excluding tert-OH is 1. The molecule has 5 rings (SSSR count). The van der Waals surface area contributed by atoms with Crippen LogP contribution in [0.15, 0.2) is 47.8 Å². The summed E-state index contributed by atoms with van der Waals surface area (Å²) in [5.41, 5.74) is 7.80. The fourth-order valence-electron chi connectivity index (χ4n) is 5.61. The minimum atomic E-state index is -0.0109. The van der Waals surface area contributed by atoms with Crippen LogP contribution >= 0.6 is 0 Å². The van der Waals surface area contributed by atoms with Gasteiger partial charge in [-0.05, 0) is 55.9 Å². The van der Waals surface area contributed by atoms with Gasteiger partial charge in [0.15, 0.2) is 0 Å². The first-order chi connectivity index (χ1) is 16.8. The molecular weight excluding hydrogens is 438 g/mol. The van der Waals surface area contributed by atoms with Gasteiger partial charge in [0.1, 0.15) is 17.3 Å². The molecule has 0 amide bonds. The van der Waals surface area contributed by atoms with Crippen LogP contribution in [0.1, 0.15) is 56.0 Å². The third kappa shape index (κ3) is 4.22. The van der Waals surface area contributed by atoms with E-state index in [9.17, 15) is 5.11 Å². The van der Waals surface area contributed by atoms with E-state index in [0.29, 0.717) is 11.3 Å². The molecule has 1 aromatic carbocycles. The average molecular weight is 472 g/mol. The highest BCUT2D eigenvalue weighted by molar-refractivity contribution is 5.95. The summed E-state index contributed by atoms with van der Waals surface area (Å²) in [6.45, 7) is 10.9. The first kappa shape index (κ1) is 23.2. The van der Waals surface area contributed by atoms with E-state index in [1.165, 1.54) is 32.1 Å². The van der Waals surface area contributed by atoms with Crippen LogP contribution in [0.3, 0.4) is 0 Å². The minimum absolute atomic E-state index is 0.0109. The molecule has 0 saturated heterocycles. The first-order valence-corrected chi connectivity index (χ1v) is 12.3. The lowest BCUT2D eigenvalue weighted by atomic mass is 9.75. The zero-order valence-electron chi connectivity index (χ0n) is 21.0. The van der Waals surface area contributed by atoms with E-state index in [0.717, 1.165) is 51.3 Å². The summed E-state index contributed by atoms with van der Waals surface area (Å²) >= 11 is 0. The molecule has 35 heavy (non-hydrogen) atoms. The average Bonchev–Trinajstić information content (AvgIpc) is 3.37. The Kier molecular flexibility index (Phi) is 5.91. The van der Waals surface area contributed by atoms with Crippen LogP contribution in [0.5, 0.6) is 5.75 Å². The van der Waals surface area contributed by atoms with E-state index in [1.807, 2.05) is 38.2 Å². The Morgan fingerprint density at radius 3 is 2.60 bits per heavy atom. The van der Waals surface area contributed by atoms with Crippen molar-refractivity contribution < 1.29 is 14.4 Å². The molecule has 1 fully saturated rings. The van der Waals surface area contributed by atoms with Gasteiger partial charge >= 0.3 is 0 Å². The first-order valence-electron chi connectivity index (χ1n) is 12.3. The van der Waals surface area contributed by atoms with Crippen LogP contribution in [-0.2, 0) is 6.54 Å². The number of ether oxygens (including phenoxy) is 1. The van der Waals surface area contributed by atoms with Gasteiger partial charge in [0.05, 0.1) is 29.4 Å². The van der Waals surface area contributed by atoms with E-state index >= 15 is 0 Å². The van der Waals surface area contributed by atoms with Crippen LogP contribution in [0, 0.1) is 19.3 Å². The number of pyridine rings is 1. The van der Waals surface area contributed by atoms with Crippen molar-refractivity contribution in [3.05, 3.63) is 60.3 Å². The van der Waals surface area contributed by atoms with Crippen LogP contribution in [0.4, 0.5) is 0 Å². The molecule has 3 aromatic heterocycles. The Bertz CT molecular complexity index is 1390. The van der Waals surface area contributed by atoms with Gasteiger partial charge in [-0.15, -0.1) is 0 Å². The van der Waals surface area contributed by atoms with Crippen LogP contribution in [0.2, 0.25) is 0 Å². The Labute approximate surface area is 206 Å². The van der Waals surface area contributed by atoms with Crippen molar-refractivity contribution in [2.45, 2.75) is 59.4 Å². The van der Waals surface area contributed by atoms with Crippen molar-refractivity contribution in [3.8, 4) is 28.0 Å². The van der Waals surface area contributed by atoms with Crippen molar-refractivity contribution in [2.75, 3.05) is 7.11 Å². The smallest absolute Gasteiger partial charge is 0.141 e. The molecule has 0 aliphatic heterocycles. The summed E-state index contributed by atoms with van der Waals surface area (Å²) in [7, 11) is 1.60. The van der Waals surface area contributed by atoms with Gasteiger partial charge in [-0.3, -0.25) is 4.98 Å². The normalized spacial score (nSPS) is 15.4. The molecule has 1 N–H and O–H groups in total. The third-order valence-electron chi connectivity index (χ3n) is 7.48. The monoisotopic (exact) mass is 471 g/mol. The zero-order chi connectivity index (χ0) is 24.7. The molecule has 1 aliphatic rings. The van der Waals surface area contributed by atoms with Gasteiger partial charge in [0, 0.05) is 35.6 Å². The number of hydrogen-bond acceptors (Lipinski definition) is 5. The van der Waals surface area contributed by atoms with Gasteiger partial charge in [0.25, 0.3) is 0 Å². The highest BCUT2D eigenvalue weighted by atomic mass is 16.5. The molecule has 1 saturated carbocycles. The van der Waals surface area contributed by atoms with Crippen molar-refractivity contribution in [1.29, 1.82) is 0 Å². The van der Waals surface area contributed by atoms with Crippen LogP contribution in [-0.4, -0.2) is 26.9 Å². The molecule has 6 nitrogen and oxygen atoms in total.